The van der Waals surface area contributed by atoms with Gasteiger partial charge in [-0.25, -0.2) is 4.98 Å². The van der Waals surface area contributed by atoms with Gasteiger partial charge in [0, 0.05) is 16.9 Å². The average molecular weight is 274 g/mol. The molecule has 0 saturated carbocycles. The molecule has 1 heterocycles. The van der Waals surface area contributed by atoms with Crippen LogP contribution in [0.25, 0.3) is 10.6 Å². The van der Waals surface area contributed by atoms with Crippen LogP contribution in [-0.4, -0.2) is 11.5 Å². The Labute approximate surface area is 119 Å². The van der Waals surface area contributed by atoms with Crippen LogP contribution in [0.2, 0.25) is 0 Å². The van der Waals surface area contributed by atoms with E-state index < -0.39 is 0 Å². The summed E-state index contributed by atoms with van der Waals surface area (Å²) in [5, 5.41) is 1.10. The average Bonchev–Trinajstić information content (AvgIpc) is 2.71. The Morgan fingerprint density at radius 2 is 1.79 bits per heavy atom. The highest BCUT2D eigenvalue weighted by Crippen LogP contribution is 2.30. The third kappa shape index (κ3) is 3.23. The zero-order chi connectivity index (χ0) is 14.0. The Morgan fingerprint density at radius 3 is 2.32 bits per heavy atom. The van der Waals surface area contributed by atoms with Crippen LogP contribution in [0.5, 0.6) is 0 Å². The molecule has 0 aliphatic carbocycles. The van der Waals surface area contributed by atoms with Gasteiger partial charge in [0.25, 0.3) is 0 Å². The predicted octanol–water partition coefficient (Wildman–Crippen LogP) is 3.92. The molecule has 0 fully saturated rings. The van der Waals surface area contributed by atoms with Crippen molar-refractivity contribution in [3.63, 3.8) is 0 Å². The van der Waals surface area contributed by atoms with Gasteiger partial charge in [0.05, 0.1) is 5.69 Å². The molecule has 0 atom stereocenters. The molecule has 0 aliphatic rings. The van der Waals surface area contributed by atoms with Gasteiger partial charge in [-0.2, -0.15) is 0 Å². The van der Waals surface area contributed by atoms with E-state index in [2.05, 4.69) is 52.0 Å². The molecule has 2 N–H and O–H groups in total. The van der Waals surface area contributed by atoms with Crippen molar-refractivity contribution in [1.29, 1.82) is 0 Å². The summed E-state index contributed by atoms with van der Waals surface area (Å²) in [4.78, 5) is 5.98. The maximum atomic E-state index is 5.61. The minimum Gasteiger partial charge on any atom is -0.330 e. The van der Waals surface area contributed by atoms with Crippen molar-refractivity contribution in [2.45, 2.75) is 39.5 Å². The van der Waals surface area contributed by atoms with Crippen LogP contribution in [0.15, 0.2) is 24.3 Å². The van der Waals surface area contributed by atoms with E-state index in [0.29, 0.717) is 6.54 Å². The normalized spacial score (nSPS) is 11.8. The second kappa shape index (κ2) is 5.43. The molecular formula is C16H22N2S. The van der Waals surface area contributed by atoms with Crippen LogP contribution >= 0.6 is 11.3 Å². The number of nitrogens with zero attached hydrogens (tertiary/aromatic N) is 1. The lowest BCUT2D eigenvalue weighted by Crippen LogP contribution is -2.10. The highest BCUT2D eigenvalue weighted by Gasteiger charge is 2.14. The number of hydrogen-bond donors (Lipinski definition) is 1. The minimum atomic E-state index is 0.196. The molecular weight excluding hydrogens is 252 g/mol. The van der Waals surface area contributed by atoms with Crippen molar-refractivity contribution in [2.75, 3.05) is 6.54 Å². The van der Waals surface area contributed by atoms with Crippen LogP contribution in [-0.2, 0) is 11.8 Å². The van der Waals surface area contributed by atoms with E-state index in [1.807, 2.05) is 0 Å². The Balaban J connectivity index is 2.30. The molecule has 1 aromatic heterocycles. The lowest BCUT2D eigenvalue weighted by molar-refractivity contribution is 0.590. The Bertz CT molecular complexity index is 547. The number of aromatic nitrogens is 1. The maximum absolute atomic E-state index is 5.61. The van der Waals surface area contributed by atoms with E-state index in [0.717, 1.165) is 17.1 Å². The predicted molar refractivity (Wildman–Crippen MR) is 83.7 cm³/mol. The summed E-state index contributed by atoms with van der Waals surface area (Å²) < 4.78 is 0. The third-order valence-electron chi connectivity index (χ3n) is 3.27. The summed E-state index contributed by atoms with van der Waals surface area (Å²) in [7, 11) is 0. The largest absolute Gasteiger partial charge is 0.330 e. The van der Waals surface area contributed by atoms with Gasteiger partial charge in [0.1, 0.15) is 5.01 Å². The van der Waals surface area contributed by atoms with Crippen molar-refractivity contribution in [2.24, 2.45) is 5.73 Å². The lowest BCUT2D eigenvalue weighted by atomic mass is 9.87. The van der Waals surface area contributed by atoms with Gasteiger partial charge in [-0.1, -0.05) is 45.0 Å². The number of thiazole rings is 1. The van der Waals surface area contributed by atoms with E-state index in [4.69, 9.17) is 10.7 Å². The van der Waals surface area contributed by atoms with Gasteiger partial charge in [0.15, 0.2) is 0 Å². The van der Waals surface area contributed by atoms with E-state index >= 15 is 0 Å². The molecule has 19 heavy (non-hydrogen) atoms. The summed E-state index contributed by atoms with van der Waals surface area (Å²) in [6.45, 7) is 9.47. The van der Waals surface area contributed by atoms with E-state index in [1.54, 1.807) is 11.3 Å². The van der Waals surface area contributed by atoms with Crippen LogP contribution in [0.3, 0.4) is 0 Å². The van der Waals surface area contributed by atoms with Crippen molar-refractivity contribution in [3.05, 3.63) is 40.4 Å². The second-order valence-electron chi connectivity index (χ2n) is 5.89. The topological polar surface area (TPSA) is 38.9 Å². The fourth-order valence-electron chi connectivity index (χ4n) is 2.03. The smallest absolute Gasteiger partial charge is 0.123 e. The van der Waals surface area contributed by atoms with E-state index in [1.165, 1.54) is 16.0 Å². The first-order chi connectivity index (χ1) is 8.91. The Hall–Kier alpha value is -1.19. The Morgan fingerprint density at radius 1 is 1.16 bits per heavy atom. The molecule has 102 valence electrons. The highest BCUT2D eigenvalue weighted by molar-refractivity contribution is 7.15. The highest BCUT2D eigenvalue weighted by atomic mass is 32.1. The van der Waals surface area contributed by atoms with Crippen molar-refractivity contribution >= 4 is 11.3 Å². The molecule has 2 nitrogen and oxygen atoms in total. The summed E-state index contributed by atoms with van der Waals surface area (Å²) in [6.07, 6.45) is 0.864. The molecule has 3 heteroatoms. The molecule has 1 aromatic carbocycles. The maximum Gasteiger partial charge on any atom is 0.123 e. The fourth-order valence-corrected chi connectivity index (χ4v) is 3.00. The first-order valence-electron chi connectivity index (χ1n) is 6.69. The van der Waals surface area contributed by atoms with Gasteiger partial charge >= 0.3 is 0 Å². The zero-order valence-corrected chi connectivity index (χ0v) is 13.0. The summed E-state index contributed by atoms with van der Waals surface area (Å²) in [5.74, 6) is 0. The van der Waals surface area contributed by atoms with Gasteiger partial charge in [-0.3, -0.25) is 0 Å². The van der Waals surface area contributed by atoms with Crippen molar-refractivity contribution < 1.29 is 0 Å². The molecule has 0 radical (unpaired) electrons. The number of rotatable bonds is 3. The molecule has 0 spiro atoms. The standard InChI is InChI=1S/C16H22N2S/c1-11-14(9-10-17)18-15(19-11)12-5-7-13(8-6-12)16(2,3)4/h5-8H,9-10,17H2,1-4H3. The van der Waals surface area contributed by atoms with E-state index in [9.17, 15) is 0 Å². The Kier molecular flexibility index (Phi) is 4.07. The summed E-state index contributed by atoms with van der Waals surface area (Å²) >= 11 is 1.75. The summed E-state index contributed by atoms with van der Waals surface area (Å²) in [6, 6.07) is 8.75. The second-order valence-corrected chi connectivity index (χ2v) is 7.09. The fraction of sp³-hybridized carbons (Fsp3) is 0.438. The molecule has 2 rings (SSSR count). The lowest BCUT2D eigenvalue weighted by Gasteiger charge is -2.18. The quantitative estimate of drug-likeness (QED) is 0.921. The first-order valence-corrected chi connectivity index (χ1v) is 7.51. The first kappa shape index (κ1) is 14.2. The summed E-state index contributed by atoms with van der Waals surface area (Å²) in [5.41, 5.74) is 9.50. The number of aryl methyl sites for hydroxylation is 1. The van der Waals surface area contributed by atoms with Crippen molar-refractivity contribution in [3.8, 4) is 10.6 Å². The number of benzene rings is 1. The third-order valence-corrected chi connectivity index (χ3v) is 4.33. The van der Waals surface area contributed by atoms with Crippen LogP contribution < -0.4 is 5.73 Å². The van der Waals surface area contributed by atoms with E-state index in [-0.39, 0.29) is 5.41 Å². The number of nitrogens with two attached hydrogens (primary N) is 1. The number of hydrogen-bond acceptors (Lipinski definition) is 3. The van der Waals surface area contributed by atoms with Crippen LogP contribution in [0.4, 0.5) is 0 Å². The minimum absolute atomic E-state index is 0.196. The molecule has 0 amide bonds. The molecule has 2 aromatic rings. The SMILES string of the molecule is Cc1sc(-c2ccc(C(C)(C)C)cc2)nc1CCN. The van der Waals surface area contributed by atoms with Gasteiger partial charge in [0.2, 0.25) is 0 Å². The molecule has 0 bridgehead atoms. The molecule has 0 unspecified atom stereocenters. The molecule has 0 aliphatic heterocycles. The van der Waals surface area contributed by atoms with Gasteiger partial charge < -0.3 is 5.73 Å². The zero-order valence-electron chi connectivity index (χ0n) is 12.2. The van der Waals surface area contributed by atoms with Crippen LogP contribution in [0.1, 0.15) is 36.9 Å². The van der Waals surface area contributed by atoms with Gasteiger partial charge in [-0.05, 0) is 24.4 Å². The molecule has 0 saturated heterocycles. The monoisotopic (exact) mass is 274 g/mol. The van der Waals surface area contributed by atoms with Gasteiger partial charge in [-0.15, -0.1) is 11.3 Å². The van der Waals surface area contributed by atoms with Crippen LogP contribution in [0, 0.1) is 6.92 Å². The van der Waals surface area contributed by atoms with Crippen molar-refractivity contribution in [1.82, 2.24) is 4.98 Å².